The standard InChI is InChI=1S/C14H19N3O2/c1-4-17-8-7-15-14(17)10-16-12-9-11(18-2)5-6-13(12)19-3/h5-9,16H,4,10H2,1-3H3. The number of aromatic nitrogens is 2. The second kappa shape index (κ2) is 6.13. The summed E-state index contributed by atoms with van der Waals surface area (Å²) in [6, 6.07) is 5.67. The molecule has 2 aromatic rings. The van der Waals surface area contributed by atoms with Gasteiger partial charge in [-0.2, -0.15) is 0 Å². The fraction of sp³-hybridized carbons (Fsp3) is 0.357. The first-order chi connectivity index (χ1) is 9.28. The van der Waals surface area contributed by atoms with Gasteiger partial charge in [-0.15, -0.1) is 0 Å². The van der Waals surface area contributed by atoms with Crippen LogP contribution in [0.5, 0.6) is 11.5 Å². The quantitative estimate of drug-likeness (QED) is 0.868. The van der Waals surface area contributed by atoms with Gasteiger partial charge in [0.25, 0.3) is 0 Å². The van der Waals surface area contributed by atoms with Gasteiger partial charge >= 0.3 is 0 Å². The Labute approximate surface area is 113 Å². The maximum atomic E-state index is 5.33. The lowest BCUT2D eigenvalue weighted by molar-refractivity contribution is 0.404. The molecule has 0 radical (unpaired) electrons. The van der Waals surface area contributed by atoms with Gasteiger partial charge in [0.15, 0.2) is 0 Å². The summed E-state index contributed by atoms with van der Waals surface area (Å²) in [6.07, 6.45) is 3.78. The van der Waals surface area contributed by atoms with Gasteiger partial charge in [0.2, 0.25) is 0 Å². The van der Waals surface area contributed by atoms with Gasteiger partial charge in [-0.1, -0.05) is 0 Å². The molecule has 0 unspecified atom stereocenters. The first kappa shape index (κ1) is 13.3. The van der Waals surface area contributed by atoms with Crippen molar-refractivity contribution in [3.8, 4) is 11.5 Å². The summed E-state index contributed by atoms with van der Waals surface area (Å²) >= 11 is 0. The van der Waals surface area contributed by atoms with E-state index in [1.54, 1.807) is 14.2 Å². The van der Waals surface area contributed by atoms with Crippen LogP contribution in [0.1, 0.15) is 12.7 Å². The van der Waals surface area contributed by atoms with Crippen molar-refractivity contribution in [2.75, 3.05) is 19.5 Å². The lowest BCUT2D eigenvalue weighted by atomic mass is 10.2. The second-order valence-corrected chi connectivity index (χ2v) is 4.05. The van der Waals surface area contributed by atoms with Crippen molar-refractivity contribution in [2.45, 2.75) is 20.0 Å². The molecule has 0 atom stereocenters. The van der Waals surface area contributed by atoms with E-state index in [4.69, 9.17) is 9.47 Å². The predicted octanol–water partition coefficient (Wildman–Crippen LogP) is 2.53. The van der Waals surface area contributed by atoms with Gasteiger partial charge in [-0.3, -0.25) is 0 Å². The highest BCUT2D eigenvalue weighted by atomic mass is 16.5. The van der Waals surface area contributed by atoms with Gasteiger partial charge < -0.3 is 19.4 Å². The number of hydrogen-bond donors (Lipinski definition) is 1. The van der Waals surface area contributed by atoms with Crippen LogP contribution in [0, 0.1) is 0 Å². The first-order valence-electron chi connectivity index (χ1n) is 6.24. The molecule has 0 spiro atoms. The topological polar surface area (TPSA) is 48.3 Å². The number of ether oxygens (including phenoxy) is 2. The molecule has 19 heavy (non-hydrogen) atoms. The summed E-state index contributed by atoms with van der Waals surface area (Å²) in [5.74, 6) is 2.57. The zero-order chi connectivity index (χ0) is 13.7. The average molecular weight is 261 g/mol. The van der Waals surface area contributed by atoms with Crippen molar-refractivity contribution >= 4 is 5.69 Å². The number of nitrogens with one attached hydrogen (secondary N) is 1. The van der Waals surface area contributed by atoms with E-state index >= 15 is 0 Å². The van der Waals surface area contributed by atoms with E-state index < -0.39 is 0 Å². The Hall–Kier alpha value is -2.17. The lowest BCUT2D eigenvalue weighted by Crippen LogP contribution is -2.08. The van der Waals surface area contributed by atoms with E-state index in [1.165, 1.54) is 0 Å². The molecule has 0 aliphatic carbocycles. The van der Waals surface area contributed by atoms with E-state index in [0.29, 0.717) is 6.54 Å². The maximum absolute atomic E-state index is 5.33. The zero-order valence-electron chi connectivity index (χ0n) is 11.5. The van der Waals surface area contributed by atoms with E-state index in [9.17, 15) is 0 Å². The number of aryl methyl sites for hydroxylation is 1. The fourth-order valence-electron chi connectivity index (χ4n) is 1.92. The van der Waals surface area contributed by atoms with Gasteiger partial charge in [0, 0.05) is 25.0 Å². The van der Waals surface area contributed by atoms with Crippen molar-refractivity contribution in [3.05, 3.63) is 36.4 Å². The molecule has 0 aliphatic rings. The minimum atomic E-state index is 0.643. The molecule has 0 bridgehead atoms. The minimum absolute atomic E-state index is 0.643. The van der Waals surface area contributed by atoms with Crippen LogP contribution in [-0.2, 0) is 13.1 Å². The highest BCUT2D eigenvalue weighted by Crippen LogP contribution is 2.29. The molecule has 1 aromatic carbocycles. The average Bonchev–Trinajstić information content (AvgIpc) is 2.92. The van der Waals surface area contributed by atoms with Crippen LogP contribution in [0.25, 0.3) is 0 Å². The Morgan fingerprint density at radius 1 is 1.26 bits per heavy atom. The van der Waals surface area contributed by atoms with E-state index in [-0.39, 0.29) is 0 Å². The molecular formula is C14H19N3O2. The molecule has 1 heterocycles. The molecule has 1 aromatic heterocycles. The van der Waals surface area contributed by atoms with Crippen LogP contribution in [0.3, 0.4) is 0 Å². The molecule has 0 saturated heterocycles. The van der Waals surface area contributed by atoms with E-state index in [1.807, 2.05) is 30.6 Å². The molecule has 5 heteroatoms. The SMILES string of the molecule is CCn1ccnc1CNc1cc(OC)ccc1OC. The second-order valence-electron chi connectivity index (χ2n) is 4.05. The summed E-state index contributed by atoms with van der Waals surface area (Å²) < 4.78 is 12.6. The Morgan fingerprint density at radius 2 is 2.11 bits per heavy atom. The molecule has 2 rings (SSSR count). The number of hydrogen-bond acceptors (Lipinski definition) is 4. The van der Waals surface area contributed by atoms with Crippen molar-refractivity contribution in [3.63, 3.8) is 0 Å². The summed E-state index contributed by atoms with van der Waals surface area (Å²) in [7, 11) is 3.30. The summed E-state index contributed by atoms with van der Waals surface area (Å²) in [6.45, 7) is 3.65. The monoisotopic (exact) mass is 261 g/mol. The van der Waals surface area contributed by atoms with E-state index in [0.717, 1.165) is 29.6 Å². The van der Waals surface area contributed by atoms with Crippen LogP contribution >= 0.6 is 0 Å². The van der Waals surface area contributed by atoms with Gasteiger partial charge in [-0.25, -0.2) is 4.98 Å². The third-order valence-electron chi connectivity index (χ3n) is 2.99. The number of benzene rings is 1. The molecular weight excluding hydrogens is 242 g/mol. The third-order valence-corrected chi connectivity index (χ3v) is 2.99. The van der Waals surface area contributed by atoms with Crippen LogP contribution < -0.4 is 14.8 Å². The molecule has 102 valence electrons. The van der Waals surface area contributed by atoms with Crippen LogP contribution in [0.2, 0.25) is 0 Å². The van der Waals surface area contributed by atoms with Crippen LogP contribution in [-0.4, -0.2) is 23.8 Å². The van der Waals surface area contributed by atoms with Crippen molar-refractivity contribution in [1.29, 1.82) is 0 Å². The smallest absolute Gasteiger partial charge is 0.142 e. The number of methoxy groups -OCH3 is 2. The largest absolute Gasteiger partial charge is 0.497 e. The molecule has 1 N–H and O–H groups in total. The summed E-state index contributed by atoms with van der Waals surface area (Å²) in [5, 5.41) is 3.33. The van der Waals surface area contributed by atoms with Gasteiger partial charge in [-0.05, 0) is 19.1 Å². The van der Waals surface area contributed by atoms with Crippen LogP contribution in [0.15, 0.2) is 30.6 Å². The summed E-state index contributed by atoms with van der Waals surface area (Å²) in [5.41, 5.74) is 0.896. The highest BCUT2D eigenvalue weighted by Gasteiger charge is 2.06. The molecule has 5 nitrogen and oxygen atoms in total. The highest BCUT2D eigenvalue weighted by molar-refractivity contribution is 5.59. The first-order valence-corrected chi connectivity index (χ1v) is 6.24. The van der Waals surface area contributed by atoms with Gasteiger partial charge in [0.1, 0.15) is 17.3 Å². The number of nitrogens with zero attached hydrogens (tertiary/aromatic N) is 2. The molecule has 0 saturated carbocycles. The minimum Gasteiger partial charge on any atom is -0.497 e. The van der Waals surface area contributed by atoms with Crippen molar-refractivity contribution in [2.24, 2.45) is 0 Å². The Balaban J connectivity index is 2.14. The Morgan fingerprint density at radius 3 is 2.79 bits per heavy atom. The van der Waals surface area contributed by atoms with Crippen molar-refractivity contribution < 1.29 is 9.47 Å². The molecule has 0 fully saturated rings. The third kappa shape index (κ3) is 2.99. The summed E-state index contributed by atoms with van der Waals surface area (Å²) in [4.78, 5) is 4.33. The predicted molar refractivity (Wildman–Crippen MR) is 74.8 cm³/mol. The number of rotatable bonds is 6. The fourth-order valence-corrected chi connectivity index (χ4v) is 1.92. The maximum Gasteiger partial charge on any atom is 0.142 e. The zero-order valence-corrected chi connectivity index (χ0v) is 11.5. The molecule has 0 amide bonds. The number of imidazole rings is 1. The van der Waals surface area contributed by atoms with Crippen LogP contribution in [0.4, 0.5) is 5.69 Å². The number of anilines is 1. The van der Waals surface area contributed by atoms with Gasteiger partial charge in [0.05, 0.1) is 26.5 Å². The normalized spacial score (nSPS) is 10.3. The Bertz CT molecular complexity index is 537. The lowest BCUT2D eigenvalue weighted by Gasteiger charge is -2.13. The Kier molecular flexibility index (Phi) is 4.28. The van der Waals surface area contributed by atoms with Crippen molar-refractivity contribution in [1.82, 2.24) is 9.55 Å². The van der Waals surface area contributed by atoms with E-state index in [2.05, 4.69) is 21.8 Å². The molecule has 0 aliphatic heterocycles.